The number of hydrogen-bond donors (Lipinski definition) is 0. The first-order chi connectivity index (χ1) is 11.5. The summed E-state index contributed by atoms with van der Waals surface area (Å²) in [5.74, 6) is 0.0377. The van der Waals surface area contributed by atoms with Gasteiger partial charge in [0.1, 0.15) is 5.03 Å². The predicted molar refractivity (Wildman–Crippen MR) is 97.3 cm³/mol. The molecule has 1 atom stereocenters. The van der Waals surface area contributed by atoms with Gasteiger partial charge in [0.25, 0.3) is 5.91 Å². The van der Waals surface area contributed by atoms with Gasteiger partial charge in [0.05, 0.1) is 23.6 Å². The summed E-state index contributed by atoms with van der Waals surface area (Å²) in [6, 6.07) is 7.12. The molecule has 1 aliphatic rings. The van der Waals surface area contributed by atoms with Crippen LogP contribution in [-0.2, 0) is 16.4 Å². The maximum absolute atomic E-state index is 13.1. The molecule has 1 aliphatic heterocycles. The fraction of sp³-hybridized carbons (Fsp3) is 0.375. The number of amides is 1. The zero-order valence-electron chi connectivity index (χ0n) is 13.2. The molecule has 8 heteroatoms. The molecule has 0 unspecified atom stereocenters. The van der Waals surface area contributed by atoms with Gasteiger partial charge in [-0.3, -0.25) is 4.79 Å². The Hall–Kier alpha value is -1.38. The fourth-order valence-electron chi connectivity index (χ4n) is 2.83. The minimum atomic E-state index is -3.06. The number of rotatable bonds is 5. The normalized spacial score (nSPS) is 19.3. The first kappa shape index (κ1) is 17.4. The molecule has 0 aromatic carbocycles. The summed E-state index contributed by atoms with van der Waals surface area (Å²) in [6.45, 7) is 0.430. The second kappa shape index (κ2) is 7.25. The summed E-state index contributed by atoms with van der Waals surface area (Å²) in [7, 11) is -3.06. The molecule has 1 amide bonds. The molecule has 0 N–H and O–H groups in total. The zero-order chi connectivity index (χ0) is 17.2. The standard InChI is InChI=1S/C16H18N2O3S3/c1-22-15-14(5-2-7-17-15)16(19)18(10-13-4-3-8-23-13)12-6-9-24(20,21)11-12/h2-5,7-8,12H,6,9-11H2,1H3/t12-/m1/s1. The quantitative estimate of drug-likeness (QED) is 0.744. The molecule has 0 aliphatic carbocycles. The summed E-state index contributed by atoms with van der Waals surface area (Å²) in [5.41, 5.74) is 0.533. The number of hydrogen-bond acceptors (Lipinski definition) is 6. The van der Waals surface area contributed by atoms with Crippen molar-refractivity contribution < 1.29 is 13.2 Å². The van der Waals surface area contributed by atoms with E-state index in [0.717, 1.165) is 4.88 Å². The molecule has 2 aromatic heterocycles. The smallest absolute Gasteiger partial charge is 0.257 e. The maximum atomic E-state index is 13.1. The molecule has 128 valence electrons. The highest BCUT2D eigenvalue weighted by molar-refractivity contribution is 7.98. The Bertz CT molecular complexity index is 819. The molecule has 3 heterocycles. The van der Waals surface area contributed by atoms with Crippen LogP contribution in [0.4, 0.5) is 0 Å². The van der Waals surface area contributed by atoms with Crippen LogP contribution < -0.4 is 0 Å². The van der Waals surface area contributed by atoms with Gasteiger partial charge in [-0.2, -0.15) is 0 Å². The van der Waals surface area contributed by atoms with Gasteiger partial charge in [0, 0.05) is 17.1 Å². The maximum Gasteiger partial charge on any atom is 0.257 e. The van der Waals surface area contributed by atoms with E-state index in [1.807, 2.05) is 23.8 Å². The van der Waals surface area contributed by atoms with Gasteiger partial charge in [-0.15, -0.1) is 23.1 Å². The number of nitrogens with zero attached hydrogens (tertiary/aromatic N) is 2. The third kappa shape index (κ3) is 3.81. The number of aromatic nitrogens is 1. The molecule has 0 radical (unpaired) electrons. The van der Waals surface area contributed by atoms with Crippen molar-refractivity contribution >= 4 is 38.8 Å². The molecular formula is C16H18N2O3S3. The van der Waals surface area contributed by atoms with Crippen molar-refractivity contribution in [2.24, 2.45) is 0 Å². The van der Waals surface area contributed by atoms with Crippen LogP contribution in [0, 0.1) is 0 Å². The molecule has 3 rings (SSSR count). The Morgan fingerprint density at radius 2 is 2.25 bits per heavy atom. The summed E-state index contributed by atoms with van der Waals surface area (Å²) in [5, 5.41) is 2.63. The minimum Gasteiger partial charge on any atom is -0.329 e. The Morgan fingerprint density at radius 3 is 2.88 bits per heavy atom. The van der Waals surface area contributed by atoms with E-state index in [1.54, 1.807) is 34.6 Å². The van der Waals surface area contributed by atoms with Crippen molar-refractivity contribution in [3.63, 3.8) is 0 Å². The molecule has 1 saturated heterocycles. The number of thioether (sulfide) groups is 1. The summed E-state index contributed by atoms with van der Waals surface area (Å²) < 4.78 is 23.8. The lowest BCUT2D eigenvalue weighted by molar-refractivity contribution is 0.0678. The number of thiophene rings is 1. The van der Waals surface area contributed by atoms with E-state index >= 15 is 0 Å². The second-order valence-electron chi connectivity index (χ2n) is 5.63. The lowest BCUT2D eigenvalue weighted by Crippen LogP contribution is -2.40. The van der Waals surface area contributed by atoms with E-state index in [1.165, 1.54) is 11.8 Å². The third-order valence-electron chi connectivity index (χ3n) is 4.01. The Labute approximate surface area is 150 Å². The molecule has 24 heavy (non-hydrogen) atoms. The first-order valence-corrected chi connectivity index (χ1v) is 11.5. The molecular weight excluding hydrogens is 364 g/mol. The number of sulfone groups is 1. The van der Waals surface area contributed by atoms with Crippen LogP contribution in [0.2, 0.25) is 0 Å². The topological polar surface area (TPSA) is 67.3 Å². The van der Waals surface area contributed by atoms with Crippen LogP contribution in [0.5, 0.6) is 0 Å². The van der Waals surface area contributed by atoms with Gasteiger partial charge in [-0.1, -0.05) is 6.07 Å². The Balaban J connectivity index is 1.93. The zero-order valence-corrected chi connectivity index (χ0v) is 15.7. The van der Waals surface area contributed by atoms with Gasteiger partial charge in [-0.25, -0.2) is 13.4 Å². The second-order valence-corrected chi connectivity index (χ2v) is 9.69. The fourth-order valence-corrected chi connectivity index (χ4v) is 5.80. The van der Waals surface area contributed by atoms with Crippen LogP contribution in [0.3, 0.4) is 0 Å². The van der Waals surface area contributed by atoms with E-state index in [9.17, 15) is 13.2 Å². The van der Waals surface area contributed by atoms with Crippen LogP contribution in [0.25, 0.3) is 0 Å². The van der Waals surface area contributed by atoms with Crippen molar-refractivity contribution in [3.8, 4) is 0 Å². The molecule has 0 saturated carbocycles. The van der Waals surface area contributed by atoms with Gasteiger partial charge in [0.15, 0.2) is 9.84 Å². The third-order valence-corrected chi connectivity index (χ3v) is 7.33. The molecule has 2 aromatic rings. The van der Waals surface area contributed by atoms with E-state index in [4.69, 9.17) is 0 Å². The lowest BCUT2D eigenvalue weighted by atomic mass is 10.1. The van der Waals surface area contributed by atoms with E-state index < -0.39 is 9.84 Å². The Kier molecular flexibility index (Phi) is 5.27. The van der Waals surface area contributed by atoms with Crippen molar-refractivity contribution in [2.75, 3.05) is 17.8 Å². The van der Waals surface area contributed by atoms with Crippen molar-refractivity contribution in [1.29, 1.82) is 0 Å². The van der Waals surface area contributed by atoms with Crippen LogP contribution in [-0.4, -0.2) is 48.0 Å². The molecule has 0 bridgehead atoms. The van der Waals surface area contributed by atoms with Gasteiger partial charge in [-0.05, 0) is 36.3 Å². The highest BCUT2D eigenvalue weighted by Gasteiger charge is 2.35. The van der Waals surface area contributed by atoms with Crippen molar-refractivity contribution in [3.05, 3.63) is 46.3 Å². The highest BCUT2D eigenvalue weighted by Crippen LogP contribution is 2.26. The van der Waals surface area contributed by atoms with Crippen LogP contribution in [0.15, 0.2) is 40.9 Å². The van der Waals surface area contributed by atoms with Crippen molar-refractivity contribution in [2.45, 2.75) is 24.0 Å². The van der Waals surface area contributed by atoms with E-state index in [0.29, 0.717) is 23.6 Å². The molecule has 5 nitrogen and oxygen atoms in total. The van der Waals surface area contributed by atoms with Gasteiger partial charge < -0.3 is 4.90 Å². The van der Waals surface area contributed by atoms with E-state index in [-0.39, 0.29) is 23.5 Å². The summed E-state index contributed by atoms with van der Waals surface area (Å²) in [6.07, 6.45) is 4.03. The lowest BCUT2D eigenvalue weighted by Gasteiger charge is -2.28. The SMILES string of the molecule is CSc1ncccc1C(=O)N(Cc1cccs1)[C@@H]1CCS(=O)(=O)C1. The molecule has 1 fully saturated rings. The summed E-state index contributed by atoms with van der Waals surface area (Å²) >= 11 is 2.99. The molecule has 0 spiro atoms. The average Bonchev–Trinajstić information content (AvgIpc) is 3.21. The largest absolute Gasteiger partial charge is 0.329 e. The first-order valence-electron chi connectivity index (χ1n) is 7.53. The van der Waals surface area contributed by atoms with Gasteiger partial charge >= 0.3 is 0 Å². The summed E-state index contributed by atoms with van der Waals surface area (Å²) in [4.78, 5) is 20.1. The highest BCUT2D eigenvalue weighted by atomic mass is 32.2. The van der Waals surface area contributed by atoms with Gasteiger partial charge in [0.2, 0.25) is 0 Å². The number of carbonyl (C=O) groups excluding carboxylic acids is 1. The predicted octanol–water partition coefficient (Wildman–Crippen LogP) is 2.69. The van der Waals surface area contributed by atoms with Crippen LogP contribution in [0.1, 0.15) is 21.7 Å². The Morgan fingerprint density at radius 1 is 1.42 bits per heavy atom. The van der Waals surface area contributed by atoms with Crippen LogP contribution >= 0.6 is 23.1 Å². The average molecular weight is 383 g/mol. The number of carbonyl (C=O) groups is 1. The van der Waals surface area contributed by atoms with Crippen molar-refractivity contribution in [1.82, 2.24) is 9.88 Å². The minimum absolute atomic E-state index is 0.0407. The van der Waals surface area contributed by atoms with E-state index in [2.05, 4.69) is 4.98 Å². The monoisotopic (exact) mass is 382 g/mol. The number of pyridine rings is 1.